The molecule has 3 rings (SSSR count). The molecule has 24 heavy (non-hydrogen) atoms. The van der Waals surface area contributed by atoms with Gasteiger partial charge < -0.3 is 18.9 Å². The minimum absolute atomic E-state index is 0.0378. The van der Waals surface area contributed by atoms with Gasteiger partial charge in [0.15, 0.2) is 17.2 Å². The summed E-state index contributed by atoms with van der Waals surface area (Å²) in [6.45, 7) is 7.74. The van der Waals surface area contributed by atoms with Crippen LogP contribution in [0.1, 0.15) is 33.3 Å². The molecular weight excluding hydrogens is 328 g/mol. The van der Waals surface area contributed by atoms with Gasteiger partial charge in [-0.25, -0.2) is 0 Å². The lowest BCUT2D eigenvalue weighted by Gasteiger charge is -2.28. The molecule has 2 saturated heterocycles. The van der Waals surface area contributed by atoms with E-state index in [-0.39, 0.29) is 28.7 Å². The quantitative estimate of drug-likeness (QED) is 0.812. The molecule has 0 bridgehead atoms. The summed E-state index contributed by atoms with van der Waals surface area (Å²) in [5.74, 6) is -0.689. The van der Waals surface area contributed by atoms with Crippen molar-refractivity contribution in [2.75, 3.05) is 0 Å². The van der Waals surface area contributed by atoms with Crippen LogP contribution in [-0.2, 0) is 30.3 Å². The monoisotopic (exact) mass is 352 g/mol. The van der Waals surface area contributed by atoms with E-state index >= 15 is 0 Å². The highest BCUT2D eigenvalue weighted by Crippen LogP contribution is 2.41. The van der Waals surface area contributed by atoms with Crippen LogP contribution in [0.2, 0.25) is 0 Å². The first kappa shape index (κ1) is 17.9. The van der Waals surface area contributed by atoms with Crippen LogP contribution >= 0.6 is 11.8 Å². The summed E-state index contributed by atoms with van der Waals surface area (Å²) in [7, 11) is 0. The molecule has 0 unspecified atom stereocenters. The molecule has 0 spiro atoms. The third-order valence-corrected chi connectivity index (χ3v) is 5.10. The van der Waals surface area contributed by atoms with E-state index in [0.29, 0.717) is 6.61 Å². The zero-order valence-corrected chi connectivity index (χ0v) is 15.2. The van der Waals surface area contributed by atoms with Crippen LogP contribution in [0.3, 0.4) is 0 Å². The summed E-state index contributed by atoms with van der Waals surface area (Å²) in [6.07, 6.45) is -1.28. The van der Waals surface area contributed by atoms with E-state index in [2.05, 4.69) is 0 Å². The second-order valence-corrected chi connectivity index (χ2v) is 8.20. The molecule has 5 atom stereocenters. The Morgan fingerprint density at radius 3 is 2.67 bits per heavy atom. The van der Waals surface area contributed by atoms with Crippen LogP contribution < -0.4 is 0 Å². The zero-order chi connectivity index (χ0) is 17.3. The van der Waals surface area contributed by atoms with Gasteiger partial charge in [-0.2, -0.15) is 0 Å². The van der Waals surface area contributed by atoms with Gasteiger partial charge >= 0.3 is 0 Å². The number of benzene rings is 1. The first-order chi connectivity index (χ1) is 11.4. The molecule has 6 heteroatoms. The number of fused-ring (bicyclic) bond motifs is 1. The number of ether oxygens (including phenoxy) is 4. The smallest absolute Gasteiger partial charge is 0.190 e. The van der Waals surface area contributed by atoms with Gasteiger partial charge in [0.05, 0.1) is 6.61 Å². The number of carbonyl (C=O) groups is 1. The molecule has 2 heterocycles. The van der Waals surface area contributed by atoms with E-state index in [1.54, 1.807) is 6.92 Å². The molecule has 0 aromatic heterocycles. The van der Waals surface area contributed by atoms with E-state index in [9.17, 15) is 4.79 Å². The molecule has 1 aromatic rings. The maximum atomic E-state index is 11.5. The van der Waals surface area contributed by atoms with Crippen molar-refractivity contribution in [1.82, 2.24) is 0 Å². The molecule has 0 N–H and O–H groups in total. The first-order valence-corrected chi connectivity index (χ1v) is 9.07. The Bertz CT molecular complexity index is 576. The highest BCUT2D eigenvalue weighted by molar-refractivity contribution is 8.14. The molecule has 2 aliphatic heterocycles. The van der Waals surface area contributed by atoms with Crippen molar-refractivity contribution in [2.45, 2.75) is 69.9 Å². The van der Waals surface area contributed by atoms with Gasteiger partial charge in [0.2, 0.25) is 0 Å². The van der Waals surface area contributed by atoms with Crippen molar-refractivity contribution >= 4 is 16.9 Å². The minimum Gasteiger partial charge on any atom is -0.368 e. The van der Waals surface area contributed by atoms with E-state index in [4.69, 9.17) is 18.9 Å². The topological polar surface area (TPSA) is 54.0 Å². The molecule has 2 fully saturated rings. The van der Waals surface area contributed by atoms with Crippen molar-refractivity contribution in [2.24, 2.45) is 0 Å². The van der Waals surface area contributed by atoms with Gasteiger partial charge in [0.25, 0.3) is 0 Å². The fourth-order valence-corrected chi connectivity index (χ4v) is 4.04. The van der Waals surface area contributed by atoms with Crippen molar-refractivity contribution < 1.29 is 23.7 Å². The van der Waals surface area contributed by atoms with Crippen molar-refractivity contribution in [3.63, 3.8) is 0 Å². The highest BCUT2D eigenvalue weighted by Gasteiger charge is 2.56. The van der Waals surface area contributed by atoms with Crippen LogP contribution in [0.15, 0.2) is 30.3 Å². The second kappa shape index (κ2) is 7.14. The predicted octanol–water partition coefficient (Wildman–Crippen LogP) is 3.12. The molecule has 0 amide bonds. The average Bonchev–Trinajstić information content (AvgIpc) is 2.97. The Labute approximate surface area is 147 Å². The van der Waals surface area contributed by atoms with E-state index in [1.165, 1.54) is 11.8 Å². The van der Waals surface area contributed by atoms with Gasteiger partial charge in [-0.05, 0) is 19.4 Å². The van der Waals surface area contributed by atoms with Crippen molar-refractivity contribution in [3.05, 3.63) is 35.9 Å². The normalized spacial score (nSPS) is 32.5. The maximum absolute atomic E-state index is 11.5. The van der Waals surface area contributed by atoms with Crippen LogP contribution in [0.4, 0.5) is 0 Å². The van der Waals surface area contributed by atoms with Crippen LogP contribution in [-0.4, -0.2) is 40.8 Å². The molecule has 2 aliphatic rings. The third-order valence-electron chi connectivity index (χ3n) is 4.13. The van der Waals surface area contributed by atoms with Crippen LogP contribution in [0, 0.1) is 0 Å². The lowest BCUT2D eigenvalue weighted by molar-refractivity contribution is -0.218. The molecular formula is C18H24O5S. The highest BCUT2D eigenvalue weighted by atomic mass is 32.2. The Balaban J connectivity index is 1.72. The minimum atomic E-state index is -0.689. The van der Waals surface area contributed by atoms with Gasteiger partial charge in [-0.1, -0.05) is 49.0 Å². The molecule has 132 valence electrons. The molecule has 5 nitrogen and oxygen atoms in total. The fraction of sp³-hybridized carbons (Fsp3) is 0.611. The summed E-state index contributed by atoms with van der Waals surface area (Å²) in [6, 6.07) is 9.98. The van der Waals surface area contributed by atoms with Gasteiger partial charge in [-0.15, -0.1) is 0 Å². The van der Waals surface area contributed by atoms with Crippen LogP contribution in [0.25, 0.3) is 0 Å². The summed E-state index contributed by atoms with van der Waals surface area (Å²) >= 11 is 1.26. The number of hydrogen-bond donors (Lipinski definition) is 0. The summed E-state index contributed by atoms with van der Waals surface area (Å²) < 4.78 is 24.0. The lowest BCUT2D eigenvalue weighted by atomic mass is 10.1. The van der Waals surface area contributed by atoms with Crippen molar-refractivity contribution in [1.29, 1.82) is 0 Å². The lowest BCUT2D eigenvalue weighted by Crippen LogP contribution is -2.41. The molecule has 0 saturated carbocycles. The Morgan fingerprint density at radius 2 is 2.00 bits per heavy atom. The third kappa shape index (κ3) is 4.00. The van der Waals surface area contributed by atoms with E-state index in [1.807, 2.05) is 51.1 Å². The van der Waals surface area contributed by atoms with Gasteiger partial charge in [0.1, 0.15) is 18.3 Å². The predicted molar refractivity (Wildman–Crippen MR) is 91.5 cm³/mol. The van der Waals surface area contributed by atoms with E-state index < -0.39 is 12.1 Å². The first-order valence-electron chi connectivity index (χ1n) is 8.19. The molecule has 0 aliphatic carbocycles. The molecule has 1 aromatic carbocycles. The molecule has 0 radical (unpaired) electrons. The van der Waals surface area contributed by atoms with Crippen molar-refractivity contribution in [3.8, 4) is 0 Å². The Morgan fingerprint density at radius 1 is 1.29 bits per heavy atom. The number of carbonyl (C=O) groups excluding carboxylic acids is 1. The fourth-order valence-electron chi connectivity index (χ4n) is 3.17. The zero-order valence-electron chi connectivity index (χ0n) is 14.4. The standard InChI is InChI=1S/C18H24O5S/c1-11(24-12(2)19)14-15(20-10-13-8-6-5-7-9-13)16-17(21-14)23-18(3,4)22-16/h5-9,11,14-17H,10H2,1-4H3/t11-,14+,15-,16+,17+/m0/s1. The van der Waals surface area contributed by atoms with Gasteiger partial charge in [0, 0.05) is 12.2 Å². The largest absolute Gasteiger partial charge is 0.368 e. The van der Waals surface area contributed by atoms with Gasteiger partial charge in [-0.3, -0.25) is 4.79 Å². The Hall–Kier alpha value is -0.920. The SMILES string of the molecule is CC(=O)S[C@@H](C)[C@H]1O[C@@H]2OC(C)(C)O[C@@H]2[C@H]1OCc1ccccc1. The summed E-state index contributed by atoms with van der Waals surface area (Å²) in [4.78, 5) is 11.5. The Kier molecular flexibility index (Phi) is 5.32. The number of hydrogen-bond acceptors (Lipinski definition) is 6. The number of thioether (sulfide) groups is 1. The number of rotatable bonds is 5. The summed E-state index contributed by atoms with van der Waals surface area (Å²) in [5, 5.41) is 0.0244. The van der Waals surface area contributed by atoms with E-state index in [0.717, 1.165) is 5.56 Å². The maximum Gasteiger partial charge on any atom is 0.190 e. The second-order valence-electron chi connectivity index (χ2n) is 6.65. The average molecular weight is 352 g/mol. The summed E-state index contributed by atoms with van der Waals surface area (Å²) in [5.41, 5.74) is 1.09. The van der Waals surface area contributed by atoms with Crippen LogP contribution in [0.5, 0.6) is 0 Å².